The van der Waals surface area contributed by atoms with Gasteiger partial charge in [0.1, 0.15) is 5.75 Å². The fourth-order valence-electron chi connectivity index (χ4n) is 1.48. The van der Waals surface area contributed by atoms with Crippen molar-refractivity contribution in [3.05, 3.63) is 28.2 Å². The highest BCUT2D eigenvalue weighted by Gasteiger charge is 2.09. The summed E-state index contributed by atoms with van der Waals surface area (Å²) in [4.78, 5) is 11.1. The smallest absolute Gasteiger partial charge is 0.223 e. The van der Waals surface area contributed by atoms with Crippen LogP contribution in [0.5, 0.6) is 5.75 Å². The van der Waals surface area contributed by atoms with Crippen molar-refractivity contribution in [1.82, 2.24) is 5.32 Å². The zero-order valence-corrected chi connectivity index (χ0v) is 12.0. The van der Waals surface area contributed by atoms with Crippen molar-refractivity contribution >= 4 is 21.8 Å². The summed E-state index contributed by atoms with van der Waals surface area (Å²) in [6, 6.07) is 5.93. The summed E-state index contributed by atoms with van der Waals surface area (Å²) in [6.07, 6.45) is 0.379. The van der Waals surface area contributed by atoms with Crippen LogP contribution in [-0.2, 0) is 4.79 Å². The first-order valence-corrected chi connectivity index (χ1v) is 6.46. The van der Waals surface area contributed by atoms with Crippen LogP contribution < -0.4 is 10.1 Å². The number of ether oxygens (including phenoxy) is 1. The van der Waals surface area contributed by atoms with Gasteiger partial charge in [-0.1, -0.05) is 29.8 Å². The van der Waals surface area contributed by atoms with Gasteiger partial charge in [-0.05, 0) is 29.7 Å². The minimum atomic E-state index is -0.00629. The van der Waals surface area contributed by atoms with Gasteiger partial charge in [0.2, 0.25) is 5.91 Å². The largest absolute Gasteiger partial charge is 0.493 e. The number of hydrogen-bond acceptors (Lipinski definition) is 2. The molecule has 1 N–H and O–H groups in total. The van der Waals surface area contributed by atoms with Gasteiger partial charge in [-0.25, -0.2) is 0 Å². The molecular weight excluding hydrogens is 282 g/mol. The highest BCUT2D eigenvalue weighted by molar-refractivity contribution is 9.10. The van der Waals surface area contributed by atoms with E-state index in [0.717, 1.165) is 15.8 Å². The Bertz CT molecular complexity index is 391. The van der Waals surface area contributed by atoms with Gasteiger partial charge >= 0.3 is 0 Å². The molecule has 0 fully saturated rings. The second-order valence-corrected chi connectivity index (χ2v) is 5.02. The molecule has 0 aliphatic heterocycles. The first-order chi connectivity index (χ1) is 8.04. The minimum Gasteiger partial charge on any atom is -0.493 e. The molecule has 1 aromatic rings. The Morgan fingerprint density at radius 3 is 2.76 bits per heavy atom. The van der Waals surface area contributed by atoms with E-state index in [-0.39, 0.29) is 5.91 Å². The summed E-state index contributed by atoms with van der Waals surface area (Å²) in [6.45, 7) is 4.64. The third kappa shape index (κ3) is 4.38. The Kier molecular flexibility index (Phi) is 5.48. The Balaban J connectivity index is 2.67. The summed E-state index contributed by atoms with van der Waals surface area (Å²) < 4.78 is 6.69. The molecule has 0 radical (unpaired) electrons. The fourth-order valence-corrected chi connectivity index (χ4v) is 1.86. The summed E-state index contributed by atoms with van der Waals surface area (Å²) in [5.41, 5.74) is 1.15. The van der Waals surface area contributed by atoms with Crippen LogP contribution in [0.1, 0.15) is 31.7 Å². The third-order valence-electron chi connectivity index (χ3n) is 2.46. The van der Waals surface area contributed by atoms with Crippen molar-refractivity contribution < 1.29 is 9.53 Å². The molecule has 4 heteroatoms. The maximum atomic E-state index is 11.1. The molecule has 17 heavy (non-hydrogen) atoms. The summed E-state index contributed by atoms with van der Waals surface area (Å²) in [7, 11) is 1.63. The molecule has 0 unspecified atom stereocenters. The normalized spacial score (nSPS) is 10.4. The number of carbonyl (C=O) groups is 1. The van der Waals surface area contributed by atoms with E-state index in [4.69, 9.17) is 4.74 Å². The van der Waals surface area contributed by atoms with E-state index in [1.165, 1.54) is 0 Å². The van der Waals surface area contributed by atoms with E-state index in [1.54, 1.807) is 7.05 Å². The molecule has 0 spiro atoms. The molecule has 0 aromatic heterocycles. The van der Waals surface area contributed by atoms with Gasteiger partial charge in [0.15, 0.2) is 0 Å². The van der Waals surface area contributed by atoms with Crippen LogP contribution in [-0.4, -0.2) is 19.6 Å². The Morgan fingerprint density at radius 2 is 2.18 bits per heavy atom. The van der Waals surface area contributed by atoms with Gasteiger partial charge < -0.3 is 10.1 Å². The van der Waals surface area contributed by atoms with Gasteiger partial charge in [-0.2, -0.15) is 0 Å². The molecule has 0 saturated carbocycles. The van der Waals surface area contributed by atoms with Gasteiger partial charge in [0, 0.05) is 11.5 Å². The predicted molar refractivity (Wildman–Crippen MR) is 72.4 cm³/mol. The molecule has 0 aliphatic rings. The van der Waals surface area contributed by atoms with Crippen LogP contribution in [0.15, 0.2) is 22.7 Å². The van der Waals surface area contributed by atoms with Crippen LogP contribution in [0.25, 0.3) is 0 Å². The monoisotopic (exact) mass is 299 g/mol. The molecule has 1 amide bonds. The average Bonchev–Trinajstić information content (AvgIpc) is 2.30. The number of rotatable bonds is 5. The Morgan fingerprint density at radius 1 is 1.47 bits per heavy atom. The number of halogens is 1. The minimum absolute atomic E-state index is 0.00629. The van der Waals surface area contributed by atoms with Crippen LogP contribution in [0.4, 0.5) is 0 Å². The Labute approximate surface area is 111 Å². The SMILES string of the molecule is CNC(=O)CCOc1ccc(Br)cc1C(C)C. The molecule has 0 bridgehead atoms. The zero-order valence-electron chi connectivity index (χ0n) is 10.4. The number of nitrogens with one attached hydrogen (secondary N) is 1. The maximum absolute atomic E-state index is 11.1. The maximum Gasteiger partial charge on any atom is 0.223 e. The van der Waals surface area contributed by atoms with E-state index in [9.17, 15) is 4.79 Å². The van der Waals surface area contributed by atoms with Crippen LogP contribution in [0, 0.1) is 0 Å². The van der Waals surface area contributed by atoms with Gasteiger partial charge in [0.25, 0.3) is 0 Å². The lowest BCUT2D eigenvalue weighted by Gasteiger charge is -2.14. The molecule has 0 atom stereocenters. The van der Waals surface area contributed by atoms with E-state index in [1.807, 2.05) is 12.1 Å². The quantitative estimate of drug-likeness (QED) is 0.907. The second kappa shape index (κ2) is 6.64. The van der Waals surface area contributed by atoms with Gasteiger partial charge in [-0.15, -0.1) is 0 Å². The average molecular weight is 300 g/mol. The van der Waals surface area contributed by atoms with E-state index in [0.29, 0.717) is 18.9 Å². The van der Waals surface area contributed by atoms with E-state index in [2.05, 4.69) is 41.2 Å². The van der Waals surface area contributed by atoms with Crippen LogP contribution >= 0.6 is 15.9 Å². The molecule has 3 nitrogen and oxygen atoms in total. The highest BCUT2D eigenvalue weighted by atomic mass is 79.9. The fraction of sp³-hybridized carbons (Fsp3) is 0.462. The molecule has 1 rings (SSSR count). The lowest BCUT2D eigenvalue weighted by Crippen LogP contribution is -2.20. The first kappa shape index (κ1) is 14.0. The summed E-state index contributed by atoms with van der Waals surface area (Å²) >= 11 is 3.45. The van der Waals surface area contributed by atoms with Crippen molar-refractivity contribution in [2.75, 3.05) is 13.7 Å². The lowest BCUT2D eigenvalue weighted by molar-refractivity contribution is -0.121. The molecule has 1 aromatic carbocycles. The molecule has 0 aliphatic carbocycles. The number of benzene rings is 1. The zero-order chi connectivity index (χ0) is 12.8. The number of hydrogen-bond donors (Lipinski definition) is 1. The van der Waals surface area contributed by atoms with Crippen molar-refractivity contribution in [2.45, 2.75) is 26.2 Å². The number of carbonyl (C=O) groups excluding carboxylic acids is 1. The van der Waals surface area contributed by atoms with Crippen molar-refractivity contribution in [2.24, 2.45) is 0 Å². The highest BCUT2D eigenvalue weighted by Crippen LogP contribution is 2.29. The van der Waals surface area contributed by atoms with Gasteiger partial charge in [0.05, 0.1) is 13.0 Å². The van der Waals surface area contributed by atoms with Crippen LogP contribution in [0.3, 0.4) is 0 Å². The van der Waals surface area contributed by atoms with E-state index >= 15 is 0 Å². The topological polar surface area (TPSA) is 38.3 Å². The second-order valence-electron chi connectivity index (χ2n) is 4.11. The lowest BCUT2D eigenvalue weighted by atomic mass is 10.0. The van der Waals surface area contributed by atoms with Crippen molar-refractivity contribution in [1.29, 1.82) is 0 Å². The summed E-state index contributed by atoms with van der Waals surface area (Å²) in [5, 5.41) is 2.57. The van der Waals surface area contributed by atoms with E-state index < -0.39 is 0 Å². The first-order valence-electron chi connectivity index (χ1n) is 5.67. The molecule has 94 valence electrons. The van der Waals surface area contributed by atoms with Crippen LogP contribution in [0.2, 0.25) is 0 Å². The number of amides is 1. The third-order valence-corrected chi connectivity index (χ3v) is 2.95. The van der Waals surface area contributed by atoms with Crippen molar-refractivity contribution in [3.8, 4) is 5.75 Å². The predicted octanol–water partition coefficient (Wildman–Crippen LogP) is 3.09. The standard InChI is InChI=1S/C13H18BrNO2/c1-9(2)11-8-10(14)4-5-12(11)17-7-6-13(16)15-3/h4-5,8-9H,6-7H2,1-3H3,(H,15,16). The van der Waals surface area contributed by atoms with Crippen molar-refractivity contribution in [3.63, 3.8) is 0 Å². The Hall–Kier alpha value is -1.03. The summed E-state index contributed by atoms with van der Waals surface area (Å²) in [5.74, 6) is 1.24. The molecular formula is C13H18BrNO2. The molecule has 0 saturated heterocycles. The van der Waals surface area contributed by atoms with Gasteiger partial charge in [-0.3, -0.25) is 4.79 Å². The molecule has 0 heterocycles.